The molecule has 1 N–H and O–H groups in total. The van der Waals surface area contributed by atoms with Gasteiger partial charge in [-0.05, 0) is 19.3 Å². The molecule has 1 aliphatic rings. The van der Waals surface area contributed by atoms with Crippen molar-refractivity contribution in [1.29, 1.82) is 0 Å². The van der Waals surface area contributed by atoms with Gasteiger partial charge in [-0.25, -0.2) is 0 Å². The van der Waals surface area contributed by atoms with Crippen molar-refractivity contribution in [2.24, 2.45) is 0 Å². The Bertz CT molecular complexity index is 143. The quantitative estimate of drug-likeness (QED) is 0.579. The van der Waals surface area contributed by atoms with E-state index in [1.807, 2.05) is 0 Å². The van der Waals surface area contributed by atoms with Crippen LogP contribution in [0, 0.1) is 0 Å². The number of unbranched alkanes of at least 4 members (excludes halogenated alkanes) is 1. The molecule has 0 unspecified atom stereocenters. The van der Waals surface area contributed by atoms with E-state index in [2.05, 4.69) is 6.92 Å². The first kappa shape index (κ1) is 12.0. The first-order valence-electron chi connectivity index (χ1n) is 5.65. The lowest BCUT2D eigenvalue weighted by molar-refractivity contribution is -0.0192. The summed E-state index contributed by atoms with van der Waals surface area (Å²) in [6.45, 7) is 4.00. The van der Waals surface area contributed by atoms with Gasteiger partial charge in [-0.3, -0.25) is 0 Å². The summed E-state index contributed by atoms with van der Waals surface area (Å²) in [5, 5.41) is 8.49. The van der Waals surface area contributed by atoms with Crippen molar-refractivity contribution in [2.75, 3.05) is 26.4 Å². The second-order valence-corrected chi connectivity index (χ2v) is 3.97. The van der Waals surface area contributed by atoms with Crippen LogP contribution in [0.25, 0.3) is 0 Å². The summed E-state index contributed by atoms with van der Waals surface area (Å²) in [6, 6.07) is 0. The molecule has 0 aromatic rings. The van der Waals surface area contributed by atoms with Crippen LogP contribution in [-0.4, -0.2) is 37.1 Å². The molecule has 0 aromatic heterocycles. The van der Waals surface area contributed by atoms with Gasteiger partial charge in [-0.1, -0.05) is 19.8 Å². The van der Waals surface area contributed by atoms with Crippen LogP contribution in [0.4, 0.5) is 0 Å². The minimum absolute atomic E-state index is 0.0982. The largest absolute Gasteiger partial charge is 0.394 e. The van der Waals surface area contributed by atoms with Gasteiger partial charge in [0.25, 0.3) is 0 Å². The number of aliphatic hydroxyl groups is 1. The van der Waals surface area contributed by atoms with Crippen LogP contribution in [-0.2, 0) is 9.47 Å². The van der Waals surface area contributed by atoms with Crippen LogP contribution in [0.5, 0.6) is 0 Å². The van der Waals surface area contributed by atoms with Gasteiger partial charge in [0.05, 0.1) is 32.0 Å². The normalized spacial score (nSPS) is 18.4. The van der Waals surface area contributed by atoms with Crippen LogP contribution >= 0.6 is 0 Å². The summed E-state index contributed by atoms with van der Waals surface area (Å²) < 4.78 is 10.9. The Labute approximate surface area is 86.4 Å². The zero-order valence-electron chi connectivity index (χ0n) is 9.13. The Hall–Kier alpha value is -0.120. The molecule has 1 saturated carbocycles. The third-order valence-corrected chi connectivity index (χ3v) is 2.67. The molecule has 1 aliphatic carbocycles. The molecule has 0 saturated heterocycles. The summed E-state index contributed by atoms with van der Waals surface area (Å²) in [5.41, 5.74) is 0.207. The number of hydrogen-bond acceptors (Lipinski definition) is 3. The standard InChI is InChI=1S/C11H22O3/c1-2-3-4-11(5-6-11)14-10-9-13-8-7-12/h12H,2-10H2,1H3. The monoisotopic (exact) mass is 202 g/mol. The van der Waals surface area contributed by atoms with E-state index in [1.54, 1.807) is 0 Å². The number of ether oxygens (including phenoxy) is 2. The zero-order valence-corrected chi connectivity index (χ0v) is 9.13. The van der Waals surface area contributed by atoms with Crippen molar-refractivity contribution in [3.63, 3.8) is 0 Å². The summed E-state index contributed by atoms with van der Waals surface area (Å²) >= 11 is 0. The van der Waals surface area contributed by atoms with Crippen LogP contribution in [0.1, 0.15) is 39.0 Å². The fourth-order valence-electron chi connectivity index (χ4n) is 1.59. The highest BCUT2D eigenvalue weighted by Crippen LogP contribution is 2.43. The van der Waals surface area contributed by atoms with Crippen molar-refractivity contribution in [1.82, 2.24) is 0 Å². The molecule has 0 bridgehead atoms. The van der Waals surface area contributed by atoms with Crippen molar-refractivity contribution in [3.8, 4) is 0 Å². The maximum atomic E-state index is 8.49. The van der Waals surface area contributed by atoms with E-state index >= 15 is 0 Å². The lowest BCUT2D eigenvalue weighted by atomic mass is 10.1. The van der Waals surface area contributed by atoms with Gasteiger partial charge >= 0.3 is 0 Å². The molecular weight excluding hydrogens is 180 g/mol. The van der Waals surface area contributed by atoms with Gasteiger partial charge < -0.3 is 14.6 Å². The smallest absolute Gasteiger partial charge is 0.0708 e. The molecule has 1 fully saturated rings. The van der Waals surface area contributed by atoms with Crippen LogP contribution < -0.4 is 0 Å². The highest BCUT2D eigenvalue weighted by atomic mass is 16.5. The second-order valence-electron chi connectivity index (χ2n) is 3.97. The minimum Gasteiger partial charge on any atom is -0.394 e. The van der Waals surface area contributed by atoms with E-state index in [0.29, 0.717) is 19.8 Å². The number of rotatable bonds is 9. The molecule has 0 heterocycles. The third-order valence-electron chi connectivity index (χ3n) is 2.67. The second kappa shape index (κ2) is 6.38. The third kappa shape index (κ3) is 4.40. The van der Waals surface area contributed by atoms with E-state index in [-0.39, 0.29) is 12.2 Å². The van der Waals surface area contributed by atoms with Gasteiger partial charge in [0.15, 0.2) is 0 Å². The predicted molar refractivity (Wildman–Crippen MR) is 55.3 cm³/mol. The molecule has 0 aromatic carbocycles. The average Bonchev–Trinajstić information content (AvgIpc) is 2.96. The SMILES string of the molecule is CCCCC1(OCCOCCO)CC1. The lowest BCUT2D eigenvalue weighted by Crippen LogP contribution is -2.18. The summed E-state index contributed by atoms with van der Waals surface area (Å²) in [6.07, 6.45) is 6.13. The molecular formula is C11H22O3. The molecule has 0 spiro atoms. The van der Waals surface area contributed by atoms with E-state index in [1.165, 1.54) is 32.1 Å². The van der Waals surface area contributed by atoms with E-state index in [9.17, 15) is 0 Å². The molecule has 0 amide bonds. The van der Waals surface area contributed by atoms with Gasteiger partial charge in [0, 0.05) is 0 Å². The van der Waals surface area contributed by atoms with E-state index < -0.39 is 0 Å². The molecule has 0 aliphatic heterocycles. The van der Waals surface area contributed by atoms with E-state index in [0.717, 1.165) is 0 Å². The van der Waals surface area contributed by atoms with Crippen molar-refractivity contribution >= 4 is 0 Å². The zero-order chi connectivity index (χ0) is 10.3. The van der Waals surface area contributed by atoms with Crippen molar-refractivity contribution < 1.29 is 14.6 Å². The Morgan fingerprint density at radius 2 is 2.00 bits per heavy atom. The maximum Gasteiger partial charge on any atom is 0.0708 e. The van der Waals surface area contributed by atoms with E-state index in [4.69, 9.17) is 14.6 Å². The highest BCUT2D eigenvalue weighted by molar-refractivity contribution is 4.95. The van der Waals surface area contributed by atoms with Crippen LogP contribution in [0.15, 0.2) is 0 Å². The average molecular weight is 202 g/mol. The summed E-state index contributed by atoms with van der Waals surface area (Å²) in [5.74, 6) is 0. The van der Waals surface area contributed by atoms with Crippen LogP contribution in [0.3, 0.4) is 0 Å². The highest BCUT2D eigenvalue weighted by Gasteiger charge is 2.42. The van der Waals surface area contributed by atoms with Crippen LogP contribution in [0.2, 0.25) is 0 Å². The van der Waals surface area contributed by atoms with Gasteiger partial charge in [-0.2, -0.15) is 0 Å². The number of aliphatic hydroxyl groups excluding tert-OH is 1. The molecule has 3 heteroatoms. The van der Waals surface area contributed by atoms with Gasteiger partial charge in [-0.15, -0.1) is 0 Å². The Balaban J connectivity index is 1.94. The summed E-state index contributed by atoms with van der Waals surface area (Å²) in [7, 11) is 0. The molecule has 0 atom stereocenters. The molecule has 14 heavy (non-hydrogen) atoms. The molecule has 0 radical (unpaired) electrons. The van der Waals surface area contributed by atoms with Gasteiger partial charge in [0.1, 0.15) is 0 Å². The maximum absolute atomic E-state index is 8.49. The Morgan fingerprint density at radius 1 is 1.21 bits per heavy atom. The number of hydrogen-bond donors (Lipinski definition) is 1. The topological polar surface area (TPSA) is 38.7 Å². The first-order valence-corrected chi connectivity index (χ1v) is 5.65. The van der Waals surface area contributed by atoms with Crippen molar-refractivity contribution in [2.45, 2.75) is 44.6 Å². The minimum atomic E-state index is 0.0982. The van der Waals surface area contributed by atoms with Crippen molar-refractivity contribution in [3.05, 3.63) is 0 Å². The molecule has 84 valence electrons. The van der Waals surface area contributed by atoms with Gasteiger partial charge in [0.2, 0.25) is 0 Å². The Kier molecular flexibility index (Phi) is 5.45. The first-order chi connectivity index (χ1) is 6.83. The fraction of sp³-hybridized carbons (Fsp3) is 1.00. The molecule has 1 rings (SSSR count). The molecule has 3 nitrogen and oxygen atoms in total. The summed E-state index contributed by atoms with van der Waals surface area (Å²) in [4.78, 5) is 0. The predicted octanol–water partition coefficient (Wildman–Crippen LogP) is 1.73. The lowest BCUT2D eigenvalue weighted by Gasteiger charge is -2.15. The Morgan fingerprint density at radius 3 is 2.57 bits per heavy atom. The fourth-order valence-corrected chi connectivity index (χ4v) is 1.59.